The number of halogens is 1. The monoisotopic (exact) mass is 341 g/mol. The zero-order valence-corrected chi connectivity index (χ0v) is 14.9. The number of hydrogen-bond donors (Lipinski definition) is 2. The van der Waals surface area contributed by atoms with Gasteiger partial charge in [-0.25, -0.2) is 9.59 Å². The Morgan fingerprint density at radius 2 is 2.00 bits per heavy atom. The minimum atomic E-state index is -0.556. The van der Waals surface area contributed by atoms with Gasteiger partial charge in [0, 0.05) is 30.3 Å². The van der Waals surface area contributed by atoms with Gasteiger partial charge in [0.05, 0.1) is 0 Å². The van der Waals surface area contributed by atoms with Crippen molar-refractivity contribution in [2.45, 2.75) is 39.3 Å². The maximum atomic E-state index is 12.1. The largest absolute Gasteiger partial charge is 0.444 e. The number of anilines is 1. The molecule has 128 valence electrons. The molecule has 0 spiro atoms. The van der Waals surface area contributed by atoms with E-state index >= 15 is 0 Å². The molecule has 3 amide bonds. The van der Waals surface area contributed by atoms with Gasteiger partial charge in [-0.2, -0.15) is 0 Å². The molecule has 0 aliphatic heterocycles. The summed E-state index contributed by atoms with van der Waals surface area (Å²) in [5.41, 5.74) is 0.0572. The fourth-order valence-electron chi connectivity index (χ4n) is 1.83. The average Bonchev–Trinajstić information content (AvgIpc) is 2.35. The van der Waals surface area contributed by atoms with E-state index in [4.69, 9.17) is 16.3 Å². The van der Waals surface area contributed by atoms with Crippen molar-refractivity contribution in [2.24, 2.45) is 0 Å². The van der Waals surface area contributed by atoms with Crippen LogP contribution in [-0.2, 0) is 4.74 Å². The lowest BCUT2D eigenvalue weighted by atomic mass is 10.2. The average molecular weight is 342 g/mol. The van der Waals surface area contributed by atoms with Gasteiger partial charge in [0.15, 0.2) is 0 Å². The highest BCUT2D eigenvalue weighted by molar-refractivity contribution is 6.30. The minimum Gasteiger partial charge on any atom is -0.444 e. The van der Waals surface area contributed by atoms with Gasteiger partial charge in [-0.3, -0.25) is 0 Å². The SMILES string of the molecule is C[C@@H](CN(C)C(=O)Nc1cccc(Cl)c1)NC(=O)OC(C)(C)C. The summed E-state index contributed by atoms with van der Waals surface area (Å²) in [6, 6.07) is 6.36. The van der Waals surface area contributed by atoms with Crippen molar-refractivity contribution in [1.29, 1.82) is 0 Å². The Hall–Kier alpha value is -1.95. The molecule has 0 heterocycles. The molecule has 0 aliphatic rings. The first-order valence-electron chi connectivity index (χ1n) is 7.34. The summed E-state index contributed by atoms with van der Waals surface area (Å²) in [7, 11) is 1.65. The van der Waals surface area contributed by atoms with E-state index in [1.807, 2.05) is 0 Å². The van der Waals surface area contributed by atoms with E-state index in [9.17, 15) is 9.59 Å². The summed E-state index contributed by atoms with van der Waals surface area (Å²) < 4.78 is 5.18. The van der Waals surface area contributed by atoms with Crippen molar-refractivity contribution < 1.29 is 14.3 Å². The first-order chi connectivity index (χ1) is 10.6. The molecule has 0 radical (unpaired) electrons. The smallest absolute Gasteiger partial charge is 0.407 e. The number of amides is 3. The van der Waals surface area contributed by atoms with Crippen LogP contribution in [0.5, 0.6) is 0 Å². The fraction of sp³-hybridized carbons (Fsp3) is 0.500. The van der Waals surface area contributed by atoms with Gasteiger partial charge in [0.1, 0.15) is 5.60 Å². The number of nitrogens with one attached hydrogen (secondary N) is 2. The van der Waals surface area contributed by atoms with Crippen LogP contribution in [-0.4, -0.2) is 42.3 Å². The molecular formula is C16H24ClN3O3. The van der Waals surface area contributed by atoms with Crippen molar-refractivity contribution in [1.82, 2.24) is 10.2 Å². The van der Waals surface area contributed by atoms with E-state index in [1.54, 1.807) is 59.0 Å². The Morgan fingerprint density at radius 1 is 1.35 bits per heavy atom. The molecule has 0 aromatic heterocycles. The number of alkyl carbamates (subject to hydrolysis) is 1. The van der Waals surface area contributed by atoms with Crippen molar-refractivity contribution >= 4 is 29.4 Å². The van der Waals surface area contributed by atoms with E-state index in [-0.39, 0.29) is 12.1 Å². The van der Waals surface area contributed by atoms with Crippen LogP contribution < -0.4 is 10.6 Å². The Balaban J connectivity index is 2.46. The topological polar surface area (TPSA) is 70.7 Å². The molecule has 0 saturated heterocycles. The van der Waals surface area contributed by atoms with Crippen LogP contribution >= 0.6 is 11.6 Å². The van der Waals surface area contributed by atoms with Gasteiger partial charge in [-0.05, 0) is 45.9 Å². The number of ether oxygens (including phenoxy) is 1. The van der Waals surface area contributed by atoms with Crippen molar-refractivity contribution in [2.75, 3.05) is 18.9 Å². The zero-order valence-electron chi connectivity index (χ0n) is 14.1. The number of carbonyl (C=O) groups is 2. The molecule has 23 heavy (non-hydrogen) atoms. The summed E-state index contributed by atoms with van der Waals surface area (Å²) in [5.74, 6) is 0. The van der Waals surface area contributed by atoms with Crippen molar-refractivity contribution in [3.63, 3.8) is 0 Å². The van der Waals surface area contributed by atoms with Gasteiger partial charge >= 0.3 is 12.1 Å². The van der Waals surface area contributed by atoms with Crippen LogP contribution in [0.2, 0.25) is 5.02 Å². The quantitative estimate of drug-likeness (QED) is 0.876. The Bertz CT molecular complexity index is 558. The standard InChI is InChI=1S/C16H24ClN3O3/c1-11(18-15(22)23-16(2,3)4)10-20(5)14(21)19-13-8-6-7-12(17)9-13/h6-9,11H,10H2,1-5H3,(H,18,22)(H,19,21)/t11-/m0/s1. The molecule has 1 aromatic carbocycles. The second kappa shape index (κ2) is 8.06. The predicted molar refractivity (Wildman–Crippen MR) is 91.9 cm³/mol. The van der Waals surface area contributed by atoms with E-state index in [0.717, 1.165) is 0 Å². The molecule has 2 N–H and O–H groups in total. The molecule has 1 atom stereocenters. The molecule has 0 aliphatic carbocycles. The Morgan fingerprint density at radius 3 is 2.57 bits per heavy atom. The molecule has 7 heteroatoms. The third-order valence-electron chi connectivity index (χ3n) is 2.73. The van der Waals surface area contributed by atoms with Crippen LogP contribution in [0.25, 0.3) is 0 Å². The third kappa shape index (κ3) is 7.74. The number of benzene rings is 1. The first-order valence-corrected chi connectivity index (χ1v) is 7.72. The van der Waals surface area contributed by atoms with Crippen molar-refractivity contribution in [3.8, 4) is 0 Å². The fourth-order valence-corrected chi connectivity index (χ4v) is 2.02. The van der Waals surface area contributed by atoms with E-state index in [0.29, 0.717) is 17.3 Å². The predicted octanol–water partition coefficient (Wildman–Crippen LogP) is 3.72. The van der Waals surface area contributed by atoms with Gasteiger partial charge in [-0.1, -0.05) is 17.7 Å². The summed E-state index contributed by atoms with van der Waals surface area (Å²) in [4.78, 5) is 25.3. The lowest BCUT2D eigenvalue weighted by Gasteiger charge is -2.25. The number of likely N-dealkylation sites (N-methyl/N-ethyl adjacent to an activating group) is 1. The second-order valence-electron chi connectivity index (χ2n) is 6.37. The number of rotatable bonds is 4. The zero-order chi connectivity index (χ0) is 17.6. The highest BCUT2D eigenvalue weighted by Crippen LogP contribution is 2.15. The van der Waals surface area contributed by atoms with E-state index in [2.05, 4.69) is 10.6 Å². The highest BCUT2D eigenvalue weighted by atomic mass is 35.5. The minimum absolute atomic E-state index is 0.250. The van der Waals surface area contributed by atoms with Gasteiger partial charge in [0.2, 0.25) is 0 Å². The maximum absolute atomic E-state index is 12.1. The summed E-state index contributed by atoms with van der Waals surface area (Å²) >= 11 is 5.88. The maximum Gasteiger partial charge on any atom is 0.407 e. The van der Waals surface area contributed by atoms with Gasteiger partial charge in [-0.15, -0.1) is 0 Å². The van der Waals surface area contributed by atoms with E-state index < -0.39 is 11.7 Å². The Kier molecular flexibility index (Phi) is 6.69. The lowest BCUT2D eigenvalue weighted by molar-refractivity contribution is 0.0502. The van der Waals surface area contributed by atoms with Crippen LogP contribution in [0.15, 0.2) is 24.3 Å². The summed E-state index contributed by atoms with van der Waals surface area (Å²) in [6.07, 6.45) is -0.506. The van der Waals surface area contributed by atoms with Crippen LogP contribution in [0.1, 0.15) is 27.7 Å². The normalized spacial score (nSPS) is 12.3. The summed E-state index contributed by atoms with van der Waals surface area (Å²) in [5, 5.41) is 5.98. The Labute approximate surface area is 142 Å². The highest BCUT2D eigenvalue weighted by Gasteiger charge is 2.19. The molecule has 6 nitrogen and oxygen atoms in total. The number of nitrogens with zero attached hydrogens (tertiary/aromatic N) is 1. The van der Waals surface area contributed by atoms with Crippen LogP contribution in [0, 0.1) is 0 Å². The van der Waals surface area contributed by atoms with Gasteiger partial charge < -0.3 is 20.3 Å². The second-order valence-corrected chi connectivity index (χ2v) is 6.80. The van der Waals surface area contributed by atoms with Gasteiger partial charge in [0.25, 0.3) is 0 Å². The molecule has 1 rings (SSSR count). The summed E-state index contributed by atoms with van der Waals surface area (Å²) in [6.45, 7) is 7.52. The van der Waals surface area contributed by atoms with Crippen molar-refractivity contribution in [3.05, 3.63) is 29.3 Å². The number of urea groups is 1. The van der Waals surface area contributed by atoms with Crippen LogP contribution in [0.4, 0.5) is 15.3 Å². The van der Waals surface area contributed by atoms with E-state index in [1.165, 1.54) is 4.90 Å². The molecule has 0 fully saturated rings. The first kappa shape index (κ1) is 19.1. The molecule has 1 aromatic rings. The van der Waals surface area contributed by atoms with Crippen LogP contribution in [0.3, 0.4) is 0 Å². The number of carbonyl (C=O) groups excluding carboxylic acids is 2. The molecule has 0 unspecified atom stereocenters. The number of hydrogen-bond acceptors (Lipinski definition) is 3. The third-order valence-corrected chi connectivity index (χ3v) is 2.97. The molecule has 0 bridgehead atoms. The lowest BCUT2D eigenvalue weighted by Crippen LogP contribution is -2.45. The molecule has 0 saturated carbocycles. The molecular weight excluding hydrogens is 318 g/mol.